The molecule has 4 rings (SSSR count). The van der Waals surface area contributed by atoms with Gasteiger partial charge < -0.3 is 0 Å². The number of aryl methyl sites for hydroxylation is 1. The van der Waals surface area contributed by atoms with Gasteiger partial charge in [-0.05, 0) is 24.8 Å². The molecule has 1 saturated carbocycles. The lowest BCUT2D eigenvalue weighted by molar-refractivity contribution is 0.0948. The van der Waals surface area contributed by atoms with Gasteiger partial charge in [0.05, 0.1) is 5.39 Å². The Morgan fingerprint density at radius 3 is 2.91 bits per heavy atom. The predicted octanol–water partition coefficient (Wildman–Crippen LogP) is 1.62. The Kier molecular flexibility index (Phi) is 3.11. The number of hydrogen-bond acceptors (Lipinski definition) is 4. The van der Waals surface area contributed by atoms with E-state index in [0.717, 1.165) is 18.6 Å². The van der Waals surface area contributed by atoms with Gasteiger partial charge in [-0.3, -0.25) is 9.59 Å². The van der Waals surface area contributed by atoms with Gasteiger partial charge in [0.1, 0.15) is 0 Å². The lowest BCUT2D eigenvalue weighted by atomic mass is 9.74. The Morgan fingerprint density at radius 1 is 1.35 bits per heavy atom. The second-order valence-electron chi connectivity index (χ2n) is 6.01. The van der Waals surface area contributed by atoms with Gasteiger partial charge in [0.15, 0.2) is 5.69 Å². The molecule has 1 aromatic heterocycles. The van der Waals surface area contributed by atoms with E-state index in [9.17, 15) is 9.59 Å². The summed E-state index contributed by atoms with van der Waals surface area (Å²) >= 11 is 0. The summed E-state index contributed by atoms with van der Waals surface area (Å²) in [6.45, 7) is 0. The smallest absolute Gasteiger partial charge is 0.267 e. The molecule has 0 saturated heterocycles. The van der Waals surface area contributed by atoms with E-state index in [2.05, 4.69) is 27.8 Å². The maximum atomic E-state index is 12.4. The standard InChI is InChI=1S/C17H16N4O2/c1-21-17(23)13-7-3-2-6-12(13)15(20-21)16(22)19-18-14-9-10-5-4-8-11(10)14/h2-7,10-11H,8-9H2,1H3,(H,19,22)/b18-14-/t10-,11+/m1/s1. The Bertz CT molecular complexity index is 926. The first-order chi connectivity index (χ1) is 11.1. The SMILES string of the molecule is Cn1nc(C(=O)N/N=C2/C[C@H]3C=CC[C@H]23)c2ccccc2c1=O. The molecule has 23 heavy (non-hydrogen) atoms. The van der Waals surface area contributed by atoms with E-state index in [1.165, 1.54) is 11.7 Å². The maximum Gasteiger partial charge on any atom is 0.292 e. The highest BCUT2D eigenvalue weighted by Gasteiger charge is 2.38. The maximum absolute atomic E-state index is 12.4. The Morgan fingerprint density at radius 2 is 2.13 bits per heavy atom. The Labute approximate surface area is 132 Å². The minimum Gasteiger partial charge on any atom is -0.267 e. The van der Waals surface area contributed by atoms with Crippen molar-refractivity contribution in [2.45, 2.75) is 12.8 Å². The van der Waals surface area contributed by atoms with Crippen LogP contribution in [0.5, 0.6) is 0 Å². The molecule has 1 N–H and O–H groups in total. The minimum atomic E-state index is -0.390. The number of fused-ring (bicyclic) bond motifs is 2. The number of hydrazone groups is 1. The molecule has 2 aliphatic rings. The molecule has 2 aromatic rings. The average Bonchev–Trinajstić information content (AvgIpc) is 2.92. The fourth-order valence-electron chi connectivity index (χ4n) is 3.31. The van der Waals surface area contributed by atoms with Crippen LogP contribution in [0, 0.1) is 11.8 Å². The van der Waals surface area contributed by atoms with Crippen LogP contribution in [0.4, 0.5) is 0 Å². The number of rotatable bonds is 2. The molecule has 0 aliphatic heterocycles. The molecule has 2 aliphatic carbocycles. The fraction of sp³-hybridized carbons (Fsp3) is 0.294. The second-order valence-corrected chi connectivity index (χ2v) is 6.01. The van der Waals surface area contributed by atoms with Crippen molar-refractivity contribution in [2.24, 2.45) is 24.0 Å². The molecule has 6 nitrogen and oxygen atoms in total. The number of amides is 1. The number of carbonyl (C=O) groups is 1. The summed E-state index contributed by atoms with van der Waals surface area (Å²) in [5, 5.41) is 9.38. The quantitative estimate of drug-likeness (QED) is 0.676. The van der Waals surface area contributed by atoms with Crippen LogP contribution in [-0.2, 0) is 7.05 Å². The van der Waals surface area contributed by atoms with Crippen molar-refractivity contribution in [2.75, 3.05) is 0 Å². The zero-order valence-corrected chi connectivity index (χ0v) is 12.7. The third-order valence-electron chi connectivity index (χ3n) is 4.64. The lowest BCUT2D eigenvalue weighted by Crippen LogP contribution is -2.36. The van der Waals surface area contributed by atoms with Crippen molar-refractivity contribution >= 4 is 22.4 Å². The van der Waals surface area contributed by atoms with E-state index in [1.807, 2.05) is 0 Å². The highest BCUT2D eigenvalue weighted by molar-refractivity contribution is 6.05. The van der Waals surface area contributed by atoms with Crippen LogP contribution in [-0.4, -0.2) is 21.4 Å². The molecule has 1 heterocycles. The van der Waals surface area contributed by atoms with Crippen LogP contribution >= 0.6 is 0 Å². The number of benzene rings is 1. The van der Waals surface area contributed by atoms with E-state index in [0.29, 0.717) is 22.6 Å². The van der Waals surface area contributed by atoms with E-state index in [4.69, 9.17) is 0 Å². The zero-order chi connectivity index (χ0) is 16.0. The van der Waals surface area contributed by atoms with Crippen molar-refractivity contribution in [3.8, 4) is 0 Å². The van der Waals surface area contributed by atoms with E-state index >= 15 is 0 Å². The van der Waals surface area contributed by atoms with Crippen LogP contribution in [0.15, 0.2) is 46.3 Å². The van der Waals surface area contributed by atoms with Crippen molar-refractivity contribution in [1.82, 2.24) is 15.2 Å². The predicted molar refractivity (Wildman–Crippen MR) is 87.2 cm³/mol. The van der Waals surface area contributed by atoms with Crippen LogP contribution in [0.2, 0.25) is 0 Å². The first kappa shape index (κ1) is 13.9. The highest BCUT2D eigenvalue weighted by atomic mass is 16.2. The van der Waals surface area contributed by atoms with Crippen LogP contribution in [0.25, 0.3) is 10.8 Å². The number of allylic oxidation sites excluding steroid dienone is 2. The monoisotopic (exact) mass is 308 g/mol. The molecule has 6 heteroatoms. The average molecular weight is 308 g/mol. The summed E-state index contributed by atoms with van der Waals surface area (Å²) in [4.78, 5) is 24.5. The van der Waals surface area contributed by atoms with E-state index in [-0.39, 0.29) is 11.3 Å². The van der Waals surface area contributed by atoms with Gasteiger partial charge in [-0.25, -0.2) is 10.1 Å². The Balaban J connectivity index is 1.64. The van der Waals surface area contributed by atoms with Gasteiger partial charge in [0, 0.05) is 24.1 Å². The highest BCUT2D eigenvalue weighted by Crippen LogP contribution is 2.40. The molecule has 0 spiro atoms. The van der Waals surface area contributed by atoms with Gasteiger partial charge in [-0.2, -0.15) is 10.2 Å². The molecular formula is C17H16N4O2. The molecule has 0 bridgehead atoms. The molecule has 0 radical (unpaired) electrons. The summed E-state index contributed by atoms with van der Waals surface area (Å²) in [6.07, 6.45) is 6.29. The first-order valence-corrected chi connectivity index (χ1v) is 7.64. The number of carbonyl (C=O) groups excluding carboxylic acids is 1. The molecule has 2 atom stereocenters. The van der Waals surface area contributed by atoms with Crippen LogP contribution < -0.4 is 11.0 Å². The molecule has 1 aromatic carbocycles. The van der Waals surface area contributed by atoms with Crippen molar-refractivity contribution in [3.05, 3.63) is 52.5 Å². The van der Waals surface area contributed by atoms with Gasteiger partial charge in [-0.15, -0.1) is 0 Å². The van der Waals surface area contributed by atoms with Gasteiger partial charge in [0.25, 0.3) is 11.5 Å². The second kappa shape index (κ2) is 5.15. The number of nitrogens with one attached hydrogen (secondary N) is 1. The van der Waals surface area contributed by atoms with Gasteiger partial charge in [-0.1, -0.05) is 30.4 Å². The molecule has 116 valence electrons. The van der Waals surface area contributed by atoms with Crippen LogP contribution in [0.3, 0.4) is 0 Å². The third-order valence-corrected chi connectivity index (χ3v) is 4.64. The summed E-state index contributed by atoms with van der Waals surface area (Å²) in [5.41, 5.74) is 3.62. The minimum absolute atomic E-state index is 0.215. The summed E-state index contributed by atoms with van der Waals surface area (Å²) in [5.74, 6) is 0.640. The number of hydrogen-bond donors (Lipinski definition) is 1. The van der Waals surface area contributed by atoms with Gasteiger partial charge in [0.2, 0.25) is 0 Å². The summed E-state index contributed by atoms with van der Waals surface area (Å²) in [7, 11) is 1.54. The molecule has 1 amide bonds. The van der Waals surface area contributed by atoms with Crippen molar-refractivity contribution in [3.63, 3.8) is 0 Å². The normalized spacial score (nSPS) is 23.8. The summed E-state index contributed by atoms with van der Waals surface area (Å²) in [6, 6.07) is 6.98. The van der Waals surface area contributed by atoms with E-state index < -0.39 is 5.91 Å². The number of aromatic nitrogens is 2. The largest absolute Gasteiger partial charge is 0.292 e. The van der Waals surface area contributed by atoms with Crippen molar-refractivity contribution in [1.29, 1.82) is 0 Å². The van der Waals surface area contributed by atoms with Crippen molar-refractivity contribution < 1.29 is 4.79 Å². The topological polar surface area (TPSA) is 76.3 Å². The van der Waals surface area contributed by atoms with E-state index in [1.54, 1.807) is 24.3 Å². The lowest BCUT2D eigenvalue weighted by Gasteiger charge is -2.31. The number of nitrogens with zero attached hydrogens (tertiary/aromatic N) is 3. The molecular weight excluding hydrogens is 292 g/mol. The molecule has 0 unspecified atom stereocenters. The zero-order valence-electron chi connectivity index (χ0n) is 12.7. The molecule has 1 fully saturated rings. The Hall–Kier alpha value is -2.76. The fourth-order valence-corrected chi connectivity index (χ4v) is 3.31. The third kappa shape index (κ3) is 2.18. The van der Waals surface area contributed by atoms with Gasteiger partial charge >= 0.3 is 0 Å². The summed E-state index contributed by atoms with van der Waals surface area (Å²) < 4.78 is 1.19. The van der Waals surface area contributed by atoms with Crippen LogP contribution in [0.1, 0.15) is 23.3 Å². The first-order valence-electron chi connectivity index (χ1n) is 7.64.